The molecular weight excluding hydrogens is 240 g/mol. The van der Waals surface area contributed by atoms with Gasteiger partial charge in [-0.2, -0.15) is 0 Å². The van der Waals surface area contributed by atoms with Gasteiger partial charge in [0.1, 0.15) is 0 Å². The first kappa shape index (κ1) is 13.2. The Bertz CT molecular complexity index is 368. The van der Waals surface area contributed by atoms with Gasteiger partial charge < -0.3 is 15.8 Å². The molecule has 0 heterocycles. The number of methoxy groups -OCH3 is 1. The summed E-state index contributed by atoms with van der Waals surface area (Å²) in [5.41, 5.74) is 6.30. The molecule has 0 aromatic heterocycles. The number of nitrogens with one attached hydrogen (secondary N) is 1. The van der Waals surface area contributed by atoms with Crippen LogP contribution in [0, 0.1) is 23.2 Å². The molecule has 3 unspecified atom stereocenters. The van der Waals surface area contributed by atoms with Crippen LogP contribution in [-0.4, -0.2) is 25.3 Å². The minimum Gasteiger partial charge on any atom is -0.453 e. The molecule has 0 aromatic rings. The van der Waals surface area contributed by atoms with Gasteiger partial charge in [0.2, 0.25) is 0 Å². The number of alkyl carbamates (subject to hydrolysis) is 1. The van der Waals surface area contributed by atoms with Crippen molar-refractivity contribution in [2.45, 2.75) is 51.0 Å². The molecule has 1 amide bonds. The summed E-state index contributed by atoms with van der Waals surface area (Å²) in [7, 11) is 1.45. The quantitative estimate of drug-likeness (QED) is 0.823. The third-order valence-corrected chi connectivity index (χ3v) is 6.06. The van der Waals surface area contributed by atoms with Crippen LogP contribution in [0.5, 0.6) is 0 Å². The molecule has 0 spiro atoms. The first-order valence-corrected chi connectivity index (χ1v) is 7.57. The van der Waals surface area contributed by atoms with Gasteiger partial charge in [0.15, 0.2) is 0 Å². The Morgan fingerprint density at radius 3 is 2.53 bits per heavy atom. The normalized spacial score (nSPS) is 45.0. The van der Waals surface area contributed by atoms with Crippen LogP contribution in [0.25, 0.3) is 0 Å². The Kier molecular flexibility index (Phi) is 3.04. The van der Waals surface area contributed by atoms with E-state index in [4.69, 9.17) is 10.5 Å². The van der Waals surface area contributed by atoms with Crippen LogP contribution in [-0.2, 0) is 4.74 Å². The number of carbonyl (C=O) groups is 1. The summed E-state index contributed by atoms with van der Waals surface area (Å²) in [6, 6.07) is 0. The monoisotopic (exact) mass is 266 g/mol. The largest absolute Gasteiger partial charge is 0.453 e. The van der Waals surface area contributed by atoms with Crippen LogP contribution < -0.4 is 11.1 Å². The van der Waals surface area contributed by atoms with Crippen molar-refractivity contribution in [2.24, 2.45) is 28.9 Å². The Balaban J connectivity index is 1.86. The number of nitrogens with two attached hydrogens (primary N) is 1. The highest BCUT2D eigenvalue weighted by atomic mass is 16.5. The molecule has 4 bridgehead atoms. The predicted molar refractivity (Wildman–Crippen MR) is 73.6 cm³/mol. The van der Waals surface area contributed by atoms with Crippen LogP contribution in [0.1, 0.15) is 45.4 Å². The molecule has 108 valence electrons. The van der Waals surface area contributed by atoms with Crippen molar-refractivity contribution in [2.75, 3.05) is 13.7 Å². The van der Waals surface area contributed by atoms with Crippen molar-refractivity contribution in [1.29, 1.82) is 0 Å². The number of rotatable bonds is 3. The van der Waals surface area contributed by atoms with Crippen LogP contribution in [0.4, 0.5) is 4.79 Å². The zero-order valence-electron chi connectivity index (χ0n) is 12.1. The van der Waals surface area contributed by atoms with Crippen molar-refractivity contribution in [1.82, 2.24) is 5.32 Å². The summed E-state index contributed by atoms with van der Waals surface area (Å²) >= 11 is 0. The van der Waals surface area contributed by atoms with E-state index in [1.54, 1.807) is 0 Å². The van der Waals surface area contributed by atoms with E-state index in [0.717, 1.165) is 37.6 Å². The van der Waals surface area contributed by atoms with Crippen LogP contribution in [0.15, 0.2) is 0 Å². The molecule has 4 fully saturated rings. The predicted octanol–water partition coefficient (Wildman–Crippen LogP) is 2.28. The van der Waals surface area contributed by atoms with Crippen molar-refractivity contribution in [3.63, 3.8) is 0 Å². The smallest absolute Gasteiger partial charge is 0.407 e. The van der Waals surface area contributed by atoms with Gasteiger partial charge in [-0.3, -0.25) is 0 Å². The molecule has 4 saturated carbocycles. The highest BCUT2D eigenvalue weighted by Crippen LogP contribution is 2.63. The molecule has 0 aromatic carbocycles. The van der Waals surface area contributed by atoms with E-state index >= 15 is 0 Å². The fraction of sp³-hybridized carbons (Fsp3) is 0.933. The molecular formula is C15H26N2O2. The lowest BCUT2D eigenvalue weighted by Crippen LogP contribution is -2.64. The van der Waals surface area contributed by atoms with E-state index in [0.29, 0.717) is 11.3 Å². The topological polar surface area (TPSA) is 64.3 Å². The second-order valence-electron chi connectivity index (χ2n) is 7.36. The van der Waals surface area contributed by atoms with Gasteiger partial charge in [-0.05, 0) is 68.2 Å². The average molecular weight is 266 g/mol. The molecule has 4 aliphatic rings. The fourth-order valence-corrected chi connectivity index (χ4v) is 5.57. The van der Waals surface area contributed by atoms with Gasteiger partial charge in [0, 0.05) is 5.54 Å². The molecule has 0 radical (unpaired) electrons. The molecule has 4 aliphatic carbocycles. The summed E-state index contributed by atoms with van der Waals surface area (Å²) in [5, 5.41) is 3.18. The maximum Gasteiger partial charge on any atom is 0.407 e. The molecule has 0 aliphatic heterocycles. The maximum absolute atomic E-state index is 11.7. The van der Waals surface area contributed by atoms with E-state index in [1.165, 1.54) is 26.4 Å². The molecule has 0 saturated heterocycles. The highest BCUT2D eigenvalue weighted by molar-refractivity contribution is 5.68. The van der Waals surface area contributed by atoms with Gasteiger partial charge in [-0.15, -0.1) is 0 Å². The number of hydrogen-bond acceptors (Lipinski definition) is 3. The Hall–Kier alpha value is -0.770. The van der Waals surface area contributed by atoms with E-state index in [2.05, 4.69) is 12.2 Å². The van der Waals surface area contributed by atoms with Crippen molar-refractivity contribution < 1.29 is 9.53 Å². The standard InChI is InChI=1S/C15H26N2O2/c1-10(8-16)14-4-11-3-12(5-14)7-15(6-11,9-14)17-13(18)19-2/h10-12H,3-9,16H2,1-2H3,(H,17,18). The zero-order chi connectivity index (χ0) is 13.7. The molecule has 3 N–H and O–H groups in total. The Labute approximate surface area is 115 Å². The Morgan fingerprint density at radius 1 is 1.37 bits per heavy atom. The molecule has 19 heavy (non-hydrogen) atoms. The third-order valence-electron chi connectivity index (χ3n) is 6.06. The molecule has 3 atom stereocenters. The lowest BCUT2D eigenvalue weighted by Gasteiger charge is -2.63. The van der Waals surface area contributed by atoms with Crippen LogP contribution in [0.3, 0.4) is 0 Å². The second-order valence-corrected chi connectivity index (χ2v) is 7.36. The third kappa shape index (κ3) is 2.04. The lowest BCUT2D eigenvalue weighted by molar-refractivity contribution is -0.103. The van der Waals surface area contributed by atoms with Gasteiger partial charge in [0.25, 0.3) is 0 Å². The number of carbonyl (C=O) groups excluding carboxylic acids is 1. The van der Waals surface area contributed by atoms with E-state index in [1.807, 2.05) is 0 Å². The van der Waals surface area contributed by atoms with E-state index in [9.17, 15) is 4.79 Å². The van der Waals surface area contributed by atoms with Crippen LogP contribution >= 0.6 is 0 Å². The Morgan fingerprint density at radius 2 is 2.00 bits per heavy atom. The maximum atomic E-state index is 11.7. The van der Waals surface area contributed by atoms with Gasteiger partial charge in [-0.25, -0.2) is 4.79 Å². The summed E-state index contributed by atoms with van der Waals surface area (Å²) in [6.45, 7) is 3.05. The zero-order valence-corrected chi connectivity index (χ0v) is 12.1. The summed E-state index contributed by atoms with van der Waals surface area (Å²) in [4.78, 5) is 11.7. The SMILES string of the molecule is COC(=O)NC12CC3CC(C1)CC(C(C)CN)(C3)C2. The minimum absolute atomic E-state index is 0.0133. The summed E-state index contributed by atoms with van der Waals surface area (Å²) in [6.07, 6.45) is 7.08. The summed E-state index contributed by atoms with van der Waals surface area (Å²) in [5.74, 6) is 2.09. The van der Waals surface area contributed by atoms with Gasteiger partial charge >= 0.3 is 6.09 Å². The average Bonchev–Trinajstić information content (AvgIpc) is 2.35. The number of ether oxygens (including phenoxy) is 1. The number of amides is 1. The first-order valence-electron chi connectivity index (χ1n) is 7.57. The second kappa shape index (κ2) is 4.37. The van der Waals surface area contributed by atoms with Crippen LogP contribution in [0.2, 0.25) is 0 Å². The highest BCUT2D eigenvalue weighted by Gasteiger charge is 2.59. The molecule has 4 heteroatoms. The van der Waals surface area contributed by atoms with E-state index in [-0.39, 0.29) is 11.6 Å². The van der Waals surface area contributed by atoms with Crippen molar-refractivity contribution >= 4 is 6.09 Å². The molecule has 4 rings (SSSR count). The number of hydrogen-bond donors (Lipinski definition) is 2. The van der Waals surface area contributed by atoms with Gasteiger partial charge in [-0.1, -0.05) is 6.92 Å². The first-order chi connectivity index (χ1) is 9.01. The van der Waals surface area contributed by atoms with Crippen molar-refractivity contribution in [3.8, 4) is 0 Å². The molecule has 4 nitrogen and oxygen atoms in total. The van der Waals surface area contributed by atoms with Crippen molar-refractivity contribution in [3.05, 3.63) is 0 Å². The van der Waals surface area contributed by atoms with E-state index < -0.39 is 0 Å². The minimum atomic E-state index is -0.266. The lowest BCUT2D eigenvalue weighted by atomic mass is 9.44. The summed E-state index contributed by atoms with van der Waals surface area (Å²) < 4.78 is 4.83. The van der Waals surface area contributed by atoms with Gasteiger partial charge in [0.05, 0.1) is 7.11 Å². The fourth-order valence-electron chi connectivity index (χ4n) is 5.57.